The number of aliphatic hydroxyl groups excluding tert-OH is 1. The second-order valence-corrected chi connectivity index (χ2v) is 4.10. The Kier molecular flexibility index (Phi) is 5.29. The first-order valence-electron chi connectivity index (χ1n) is 5.47. The monoisotopic (exact) mass is 208 g/mol. The fourth-order valence-corrected chi connectivity index (χ4v) is 1.56. The molecule has 0 radical (unpaired) electrons. The van der Waals surface area contributed by atoms with Crippen LogP contribution in [0.3, 0.4) is 0 Å². The summed E-state index contributed by atoms with van der Waals surface area (Å²) in [6.45, 7) is 5.41. The molecule has 0 saturated heterocycles. The van der Waals surface area contributed by atoms with Crippen LogP contribution in [0.4, 0.5) is 0 Å². The van der Waals surface area contributed by atoms with E-state index in [-0.39, 0.29) is 6.61 Å². The molecule has 84 valence electrons. The minimum absolute atomic E-state index is 0.242. The predicted octanol–water partition coefficient (Wildman–Crippen LogP) is 1.58. The summed E-state index contributed by atoms with van der Waals surface area (Å²) in [5, 5.41) is 12.4. The predicted molar refractivity (Wildman–Crippen MR) is 61.4 cm³/mol. The zero-order valence-electron chi connectivity index (χ0n) is 9.48. The number of aliphatic hydroxyl groups is 1. The third-order valence-corrected chi connectivity index (χ3v) is 2.56. The van der Waals surface area contributed by atoms with E-state index in [1.807, 2.05) is 12.1 Å². The minimum Gasteiger partial charge on any atom is -0.396 e. The molecule has 1 aromatic rings. The summed E-state index contributed by atoms with van der Waals surface area (Å²) in [4.78, 5) is 3.98. The number of aromatic nitrogens is 1. The van der Waals surface area contributed by atoms with E-state index >= 15 is 0 Å². The van der Waals surface area contributed by atoms with Gasteiger partial charge in [-0.05, 0) is 30.0 Å². The molecule has 1 unspecified atom stereocenters. The Labute approximate surface area is 91.5 Å². The van der Waals surface area contributed by atoms with Crippen LogP contribution in [-0.4, -0.2) is 22.7 Å². The van der Waals surface area contributed by atoms with Gasteiger partial charge in [0.25, 0.3) is 0 Å². The molecule has 0 aliphatic heterocycles. The van der Waals surface area contributed by atoms with E-state index in [9.17, 15) is 0 Å². The number of hydrogen-bond acceptors (Lipinski definition) is 3. The molecule has 0 bridgehead atoms. The van der Waals surface area contributed by atoms with Crippen molar-refractivity contribution in [3.8, 4) is 0 Å². The summed E-state index contributed by atoms with van der Waals surface area (Å²) < 4.78 is 0. The van der Waals surface area contributed by atoms with Crippen LogP contribution < -0.4 is 5.32 Å². The van der Waals surface area contributed by atoms with E-state index in [2.05, 4.69) is 24.1 Å². The second-order valence-electron chi connectivity index (χ2n) is 4.10. The molecule has 1 heterocycles. The highest BCUT2D eigenvalue weighted by atomic mass is 16.3. The van der Waals surface area contributed by atoms with Crippen molar-refractivity contribution in [3.63, 3.8) is 0 Å². The summed E-state index contributed by atoms with van der Waals surface area (Å²) in [6.07, 6.45) is 4.41. The first-order valence-corrected chi connectivity index (χ1v) is 5.47. The smallest absolute Gasteiger partial charge is 0.0445 e. The standard InChI is InChI=1S/C12H20N2O/c1-10(2)12(5-8-15)14-9-11-3-6-13-7-4-11/h3-4,6-7,10,12,14-15H,5,8-9H2,1-2H3. The summed E-state index contributed by atoms with van der Waals surface area (Å²) in [5.41, 5.74) is 1.23. The Morgan fingerprint density at radius 2 is 2.00 bits per heavy atom. The molecule has 3 heteroatoms. The van der Waals surface area contributed by atoms with E-state index in [1.54, 1.807) is 12.4 Å². The van der Waals surface area contributed by atoms with Crippen LogP contribution in [-0.2, 0) is 6.54 Å². The highest BCUT2D eigenvalue weighted by Crippen LogP contribution is 2.07. The first kappa shape index (κ1) is 12.1. The summed E-state index contributed by atoms with van der Waals surface area (Å²) in [5.74, 6) is 0.541. The molecule has 0 saturated carbocycles. The van der Waals surface area contributed by atoms with Crippen LogP contribution in [0.2, 0.25) is 0 Å². The van der Waals surface area contributed by atoms with Gasteiger partial charge in [-0.25, -0.2) is 0 Å². The average Bonchev–Trinajstić information content (AvgIpc) is 2.25. The lowest BCUT2D eigenvalue weighted by Crippen LogP contribution is -2.34. The van der Waals surface area contributed by atoms with Crippen LogP contribution in [0.15, 0.2) is 24.5 Å². The van der Waals surface area contributed by atoms with Gasteiger partial charge in [0, 0.05) is 31.6 Å². The zero-order chi connectivity index (χ0) is 11.1. The topological polar surface area (TPSA) is 45.1 Å². The largest absolute Gasteiger partial charge is 0.396 e. The van der Waals surface area contributed by atoms with Crippen molar-refractivity contribution < 1.29 is 5.11 Å². The van der Waals surface area contributed by atoms with Gasteiger partial charge < -0.3 is 10.4 Å². The van der Waals surface area contributed by atoms with Gasteiger partial charge in [0.05, 0.1) is 0 Å². The van der Waals surface area contributed by atoms with Gasteiger partial charge in [-0.2, -0.15) is 0 Å². The van der Waals surface area contributed by atoms with Gasteiger partial charge in [-0.15, -0.1) is 0 Å². The molecule has 2 N–H and O–H groups in total. The molecule has 0 aliphatic rings. The third kappa shape index (κ3) is 4.40. The summed E-state index contributed by atoms with van der Waals surface area (Å²) >= 11 is 0. The fourth-order valence-electron chi connectivity index (χ4n) is 1.56. The van der Waals surface area contributed by atoms with Gasteiger partial charge in [0.15, 0.2) is 0 Å². The molecule has 0 amide bonds. The average molecular weight is 208 g/mol. The van der Waals surface area contributed by atoms with Gasteiger partial charge in [-0.3, -0.25) is 4.98 Å². The van der Waals surface area contributed by atoms with Gasteiger partial charge in [0.2, 0.25) is 0 Å². The molecule has 15 heavy (non-hydrogen) atoms. The summed E-state index contributed by atoms with van der Waals surface area (Å²) in [6, 6.07) is 4.38. The highest BCUT2D eigenvalue weighted by molar-refractivity contribution is 5.09. The van der Waals surface area contributed by atoms with Crippen molar-refractivity contribution in [1.82, 2.24) is 10.3 Å². The van der Waals surface area contributed by atoms with Crippen LogP contribution in [0.1, 0.15) is 25.8 Å². The molecule has 1 atom stereocenters. The lowest BCUT2D eigenvalue weighted by molar-refractivity contribution is 0.244. The van der Waals surface area contributed by atoms with Gasteiger partial charge in [-0.1, -0.05) is 13.8 Å². The molecule has 1 rings (SSSR count). The van der Waals surface area contributed by atoms with Crippen molar-refractivity contribution in [2.45, 2.75) is 32.9 Å². The number of hydrogen-bond donors (Lipinski definition) is 2. The molecular formula is C12H20N2O. The Morgan fingerprint density at radius 3 is 2.53 bits per heavy atom. The second kappa shape index (κ2) is 6.53. The molecular weight excluding hydrogens is 188 g/mol. The number of nitrogens with zero attached hydrogens (tertiary/aromatic N) is 1. The normalized spacial score (nSPS) is 13.1. The maximum Gasteiger partial charge on any atom is 0.0445 e. The van der Waals surface area contributed by atoms with Crippen molar-refractivity contribution in [2.24, 2.45) is 5.92 Å². The Balaban J connectivity index is 2.40. The SMILES string of the molecule is CC(C)C(CCO)NCc1ccncc1. The van der Waals surface area contributed by atoms with Crippen LogP contribution in [0.5, 0.6) is 0 Å². The number of rotatable bonds is 6. The first-order chi connectivity index (χ1) is 7.24. The molecule has 3 nitrogen and oxygen atoms in total. The highest BCUT2D eigenvalue weighted by Gasteiger charge is 2.11. The van der Waals surface area contributed by atoms with E-state index in [0.717, 1.165) is 13.0 Å². The molecule has 0 aromatic carbocycles. The van der Waals surface area contributed by atoms with Crippen molar-refractivity contribution in [2.75, 3.05) is 6.61 Å². The van der Waals surface area contributed by atoms with Crippen LogP contribution in [0, 0.1) is 5.92 Å². The van der Waals surface area contributed by atoms with Crippen molar-refractivity contribution in [3.05, 3.63) is 30.1 Å². The third-order valence-electron chi connectivity index (χ3n) is 2.56. The van der Waals surface area contributed by atoms with Crippen molar-refractivity contribution in [1.29, 1.82) is 0 Å². The Bertz CT molecular complexity index is 262. The van der Waals surface area contributed by atoms with Crippen LogP contribution in [0.25, 0.3) is 0 Å². The lowest BCUT2D eigenvalue weighted by atomic mass is 10.0. The quantitative estimate of drug-likeness (QED) is 0.746. The molecule has 0 fully saturated rings. The molecule has 0 aliphatic carbocycles. The lowest BCUT2D eigenvalue weighted by Gasteiger charge is -2.21. The fraction of sp³-hybridized carbons (Fsp3) is 0.583. The van der Waals surface area contributed by atoms with Gasteiger partial charge in [0.1, 0.15) is 0 Å². The number of pyridine rings is 1. The maximum absolute atomic E-state index is 8.93. The molecule has 1 aromatic heterocycles. The van der Waals surface area contributed by atoms with E-state index in [4.69, 9.17) is 5.11 Å². The minimum atomic E-state index is 0.242. The Morgan fingerprint density at radius 1 is 1.33 bits per heavy atom. The van der Waals surface area contributed by atoms with Crippen LogP contribution >= 0.6 is 0 Å². The summed E-state index contributed by atoms with van der Waals surface area (Å²) in [7, 11) is 0. The zero-order valence-corrected chi connectivity index (χ0v) is 9.48. The van der Waals surface area contributed by atoms with Gasteiger partial charge >= 0.3 is 0 Å². The molecule has 0 spiro atoms. The Hall–Kier alpha value is -0.930. The maximum atomic E-state index is 8.93. The van der Waals surface area contributed by atoms with E-state index in [0.29, 0.717) is 12.0 Å². The van der Waals surface area contributed by atoms with E-state index in [1.165, 1.54) is 5.56 Å². The number of nitrogens with one attached hydrogen (secondary N) is 1. The van der Waals surface area contributed by atoms with E-state index < -0.39 is 0 Å². The van der Waals surface area contributed by atoms with Crippen molar-refractivity contribution >= 4 is 0 Å².